The van der Waals surface area contributed by atoms with Crippen molar-refractivity contribution in [3.05, 3.63) is 48.2 Å². The second-order valence-electron chi connectivity index (χ2n) is 4.35. The van der Waals surface area contributed by atoms with Crippen molar-refractivity contribution in [3.63, 3.8) is 0 Å². The van der Waals surface area contributed by atoms with E-state index in [1.54, 1.807) is 0 Å². The van der Waals surface area contributed by atoms with E-state index in [1.165, 1.54) is 11.3 Å². The van der Waals surface area contributed by atoms with Crippen molar-refractivity contribution in [2.45, 2.75) is 20.0 Å². The Morgan fingerprint density at radius 3 is 2.71 bits per heavy atom. The zero-order valence-corrected chi connectivity index (χ0v) is 10.0. The number of nitrogens with zero attached hydrogens (tertiary/aromatic N) is 2. The molecule has 2 aromatic rings. The third-order valence-corrected chi connectivity index (χ3v) is 3.15. The number of hydrogen-bond acceptors (Lipinski definition) is 3. The molecule has 0 unspecified atom stereocenters. The van der Waals surface area contributed by atoms with E-state index in [0.29, 0.717) is 0 Å². The van der Waals surface area contributed by atoms with Crippen molar-refractivity contribution in [2.24, 2.45) is 0 Å². The average molecular weight is 225 g/mol. The number of benzene rings is 1. The van der Waals surface area contributed by atoms with E-state index in [9.17, 15) is 0 Å². The van der Waals surface area contributed by atoms with E-state index in [1.807, 2.05) is 12.3 Å². The van der Waals surface area contributed by atoms with Gasteiger partial charge in [-0.25, -0.2) is 4.98 Å². The lowest BCUT2D eigenvalue weighted by atomic mass is 10.1. The summed E-state index contributed by atoms with van der Waals surface area (Å²) in [4.78, 5) is 6.65. The molecule has 1 N–H and O–H groups in total. The molecule has 1 aliphatic heterocycles. The molecule has 0 aliphatic carbocycles. The minimum absolute atomic E-state index is 0.237. The lowest BCUT2D eigenvalue weighted by Crippen LogP contribution is -2.28. The first-order valence-electron chi connectivity index (χ1n) is 5.84. The molecule has 0 spiro atoms. The van der Waals surface area contributed by atoms with E-state index in [-0.39, 0.29) is 6.17 Å². The fourth-order valence-corrected chi connectivity index (χ4v) is 2.35. The standard InChI is InChI=1S/C14H15N3/c1-10-6-3-4-7-12(10)17-11(2)16-14-13(17)8-5-9-15-14/h3-9,11H,1-2H3,(H,15,16)/t11-/m1/s1. The van der Waals surface area contributed by atoms with E-state index in [4.69, 9.17) is 0 Å². The highest BCUT2D eigenvalue weighted by Crippen LogP contribution is 2.39. The van der Waals surface area contributed by atoms with Crippen molar-refractivity contribution in [3.8, 4) is 0 Å². The zero-order valence-electron chi connectivity index (χ0n) is 10.0. The molecular formula is C14H15N3. The number of fused-ring (bicyclic) bond motifs is 1. The molecule has 86 valence electrons. The molecule has 3 nitrogen and oxygen atoms in total. The van der Waals surface area contributed by atoms with Crippen molar-refractivity contribution < 1.29 is 0 Å². The smallest absolute Gasteiger partial charge is 0.151 e. The van der Waals surface area contributed by atoms with Crippen LogP contribution in [0.1, 0.15) is 12.5 Å². The molecule has 0 amide bonds. The minimum Gasteiger partial charge on any atom is -0.348 e. The third kappa shape index (κ3) is 1.55. The maximum Gasteiger partial charge on any atom is 0.151 e. The summed E-state index contributed by atoms with van der Waals surface area (Å²) in [5, 5.41) is 3.39. The van der Waals surface area contributed by atoms with Crippen LogP contribution in [-0.4, -0.2) is 11.1 Å². The third-order valence-electron chi connectivity index (χ3n) is 3.15. The number of rotatable bonds is 1. The van der Waals surface area contributed by atoms with Crippen LogP contribution in [-0.2, 0) is 0 Å². The van der Waals surface area contributed by atoms with Crippen LogP contribution < -0.4 is 10.2 Å². The quantitative estimate of drug-likeness (QED) is 0.807. The topological polar surface area (TPSA) is 28.2 Å². The van der Waals surface area contributed by atoms with Gasteiger partial charge in [-0.1, -0.05) is 18.2 Å². The van der Waals surface area contributed by atoms with Crippen molar-refractivity contribution >= 4 is 17.2 Å². The number of hydrogen-bond donors (Lipinski definition) is 1. The molecule has 3 heteroatoms. The molecule has 17 heavy (non-hydrogen) atoms. The Labute approximate surface area is 101 Å². The van der Waals surface area contributed by atoms with Crippen LogP contribution in [0.15, 0.2) is 42.6 Å². The Balaban J connectivity index is 2.13. The summed E-state index contributed by atoms with van der Waals surface area (Å²) >= 11 is 0. The Morgan fingerprint density at radius 2 is 1.88 bits per heavy atom. The van der Waals surface area contributed by atoms with Crippen LogP contribution in [0.4, 0.5) is 17.2 Å². The molecule has 2 heterocycles. The van der Waals surface area contributed by atoms with Crippen LogP contribution in [0.5, 0.6) is 0 Å². The molecule has 1 aromatic carbocycles. The lowest BCUT2D eigenvalue weighted by Gasteiger charge is -2.25. The van der Waals surface area contributed by atoms with Crippen LogP contribution in [0.2, 0.25) is 0 Å². The number of anilines is 3. The predicted octanol–water partition coefficient (Wildman–Crippen LogP) is 3.30. The monoisotopic (exact) mass is 225 g/mol. The van der Waals surface area contributed by atoms with Gasteiger partial charge in [-0.3, -0.25) is 0 Å². The second-order valence-corrected chi connectivity index (χ2v) is 4.35. The molecule has 1 atom stereocenters. The number of aromatic nitrogens is 1. The van der Waals surface area contributed by atoms with E-state index >= 15 is 0 Å². The maximum absolute atomic E-state index is 4.36. The first-order chi connectivity index (χ1) is 8.27. The highest BCUT2D eigenvalue weighted by molar-refractivity contribution is 5.80. The number of nitrogens with one attached hydrogen (secondary N) is 1. The van der Waals surface area contributed by atoms with Gasteiger partial charge in [0.05, 0.1) is 5.69 Å². The van der Waals surface area contributed by atoms with Gasteiger partial charge >= 0.3 is 0 Å². The van der Waals surface area contributed by atoms with Crippen LogP contribution in [0, 0.1) is 6.92 Å². The van der Waals surface area contributed by atoms with Crippen molar-refractivity contribution in [1.29, 1.82) is 0 Å². The Bertz CT molecular complexity index is 551. The molecule has 1 aliphatic rings. The van der Waals surface area contributed by atoms with Crippen molar-refractivity contribution in [2.75, 3.05) is 10.2 Å². The zero-order chi connectivity index (χ0) is 11.8. The molecule has 0 saturated heterocycles. The van der Waals surface area contributed by atoms with Gasteiger partial charge in [0.15, 0.2) is 5.82 Å². The first-order valence-corrected chi connectivity index (χ1v) is 5.84. The van der Waals surface area contributed by atoms with Crippen LogP contribution in [0.25, 0.3) is 0 Å². The number of pyridine rings is 1. The SMILES string of the molecule is Cc1ccccc1N1c2cccnc2N[C@H]1C. The fourth-order valence-electron chi connectivity index (χ4n) is 2.35. The molecular weight excluding hydrogens is 210 g/mol. The summed E-state index contributed by atoms with van der Waals surface area (Å²) in [5.74, 6) is 0.961. The van der Waals surface area contributed by atoms with Gasteiger partial charge in [0.25, 0.3) is 0 Å². The molecule has 3 rings (SSSR count). The largest absolute Gasteiger partial charge is 0.348 e. The molecule has 0 bridgehead atoms. The average Bonchev–Trinajstić information content (AvgIpc) is 2.66. The van der Waals surface area contributed by atoms with E-state index < -0.39 is 0 Å². The van der Waals surface area contributed by atoms with Gasteiger partial charge in [-0.15, -0.1) is 0 Å². The number of para-hydroxylation sites is 1. The highest BCUT2D eigenvalue weighted by Gasteiger charge is 2.27. The minimum atomic E-state index is 0.237. The normalized spacial score (nSPS) is 17.8. The highest BCUT2D eigenvalue weighted by atomic mass is 15.3. The van der Waals surface area contributed by atoms with Gasteiger partial charge in [-0.05, 0) is 37.6 Å². The Morgan fingerprint density at radius 1 is 1.12 bits per heavy atom. The van der Waals surface area contributed by atoms with Gasteiger partial charge < -0.3 is 10.2 Å². The predicted molar refractivity (Wildman–Crippen MR) is 70.6 cm³/mol. The van der Waals surface area contributed by atoms with Gasteiger partial charge in [0, 0.05) is 11.9 Å². The second kappa shape index (κ2) is 3.77. The molecule has 1 aromatic heterocycles. The summed E-state index contributed by atoms with van der Waals surface area (Å²) < 4.78 is 0. The van der Waals surface area contributed by atoms with Crippen molar-refractivity contribution in [1.82, 2.24) is 4.98 Å². The molecule has 0 saturated carbocycles. The van der Waals surface area contributed by atoms with Gasteiger partial charge in [0.2, 0.25) is 0 Å². The van der Waals surface area contributed by atoms with Crippen LogP contribution in [0.3, 0.4) is 0 Å². The summed E-state index contributed by atoms with van der Waals surface area (Å²) in [6, 6.07) is 12.5. The number of aryl methyl sites for hydroxylation is 1. The first kappa shape index (κ1) is 10.1. The summed E-state index contributed by atoms with van der Waals surface area (Å²) in [5.41, 5.74) is 3.66. The van der Waals surface area contributed by atoms with E-state index in [0.717, 1.165) is 11.5 Å². The Hall–Kier alpha value is -2.03. The van der Waals surface area contributed by atoms with Gasteiger partial charge in [0.1, 0.15) is 6.17 Å². The molecule has 0 fully saturated rings. The molecule has 0 radical (unpaired) electrons. The summed E-state index contributed by atoms with van der Waals surface area (Å²) in [7, 11) is 0. The summed E-state index contributed by atoms with van der Waals surface area (Å²) in [6.07, 6.45) is 2.06. The van der Waals surface area contributed by atoms with Gasteiger partial charge in [-0.2, -0.15) is 0 Å². The maximum atomic E-state index is 4.36. The fraction of sp³-hybridized carbons (Fsp3) is 0.214. The van der Waals surface area contributed by atoms with E-state index in [2.05, 4.69) is 59.4 Å². The Kier molecular flexibility index (Phi) is 2.25. The van der Waals surface area contributed by atoms with Crippen LogP contribution >= 0.6 is 0 Å². The lowest BCUT2D eigenvalue weighted by molar-refractivity contribution is 0.838. The summed E-state index contributed by atoms with van der Waals surface area (Å²) in [6.45, 7) is 4.28.